The molecule has 0 bridgehead atoms. The van der Waals surface area contributed by atoms with E-state index in [1.807, 2.05) is 0 Å². The van der Waals surface area contributed by atoms with Crippen LogP contribution in [-0.4, -0.2) is 73.3 Å². The van der Waals surface area contributed by atoms with E-state index in [-0.39, 0.29) is 12.0 Å². The van der Waals surface area contributed by atoms with Gasteiger partial charge in [-0.2, -0.15) is 0 Å². The normalized spacial score (nSPS) is 32.3. The van der Waals surface area contributed by atoms with Gasteiger partial charge in [-0.05, 0) is 32.2 Å². The van der Waals surface area contributed by atoms with Crippen LogP contribution in [0.15, 0.2) is 0 Å². The predicted molar refractivity (Wildman–Crippen MR) is 84.8 cm³/mol. The first-order valence-electron chi connectivity index (χ1n) is 9.03. The van der Waals surface area contributed by atoms with Crippen molar-refractivity contribution in [2.45, 2.75) is 63.7 Å². The molecular weight excluding hydrogens is 280 g/mol. The van der Waals surface area contributed by atoms with Crippen molar-refractivity contribution in [1.29, 1.82) is 0 Å². The molecule has 0 aromatic carbocycles. The average molecular weight is 310 g/mol. The third-order valence-electron chi connectivity index (χ3n) is 5.34. The molecule has 3 fully saturated rings. The van der Waals surface area contributed by atoms with Gasteiger partial charge in [0.15, 0.2) is 0 Å². The molecule has 3 aliphatic rings. The molecule has 2 aliphatic heterocycles. The Morgan fingerprint density at radius 2 is 2.00 bits per heavy atom. The molecule has 0 radical (unpaired) electrons. The lowest BCUT2D eigenvalue weighted by atomic mass is 9.90. The van der Waals surface area contributed by atoms with Gasteiger partial charge in [0.25, 0.3) is 0 Å². The first kappa shape index (κ1) is 16.2. The second-order valence-electron chi connectivity index (χ2n) is 6.81. The molecule has 0 spiro atoms. The van der Waals surface area contributed by atoms with Crippen molar-refractivity contribution in [2.24, 2.45) is 0 Å². The lowest BCUT2D eigenvalue weighted by Gasteiger charge is -2.44. The summed E-state index contributed by atoms with van der Waals surface area (Å²) in [6.07, 6.45) is 7.57. The van der Waals surface area contributed by atoms with Gasteiger partial charge in [-0.3, -0.25) is 9.69 Å². The molecule has 2 heterocycles. The maximum absolute atomic E-state index is 12.8. The second kappa shape index (κ2) is 7.75. The zero-order valence-electron chi connectivity index (χ0n) is 13.8. The highest BCUT2D eigenvalue weighted by Gasteiger charge is 2.37. The largest absolute Gasteiger partial charge is 0.377 e. The highest BCUT2D eigenvalue weighted by Crippen LogP contribution is 2.28. The molecule has 0 unspecified atom stereocenters. The van der Waals surface area contributed by atoms with Crippen molar-refractivity contribution in [3.05, 3.63) is 0 Å². The van der Waals surface area contributed by atoms with Gasteiger partial charge in [-0.15, -0.1) is 0 Å². The number of amides is 1. The Balaban J connectivity index is 1.54. The first-order valence-corrected chi connectivity index (χ1v) is 9.03. The smallest absolute Gasteiger partial charge is 0.237 e. The van der Waals surface area contributed by atoms with E-state index in [2.05, 4.69) is 16.7 Å². The number of hydrogen-bond donors (Lipinski definition) is 0. The molecule has 2 saturated heterocycles. The lowest BCUT2D eigenvalue weighted by molar-refractivity contribution is -0.150. The summed E-state index contributed by atoms with van der Waals surface area (Å²) in [4.78, 5) is 17.1. The number of likely N-dealkylation sites (N-methyl/N-ethyl adjacent to an activating group) is 1. The topological polar surface area (TPSA) is 42.0 Å². The zero-order valence-corrected chi connectivity index (χ0v) is 13.8. The Labute approximate surface area is 133 Å². The molecule has 0 aromatic rings. The molecular formula is C17H30N2O3. The minimum atomic E-state index is 0.277. The lowest BCUT2D eigenvalue weighted by Crippen LogP contribution is -2.57. The molecule has 0 aromatic heterocycles. The van der Waals surface area contributed by atoms with Gasteiger partial charge in [0.05, 0.1) is 31.4 Å². The Kier molecular flexibility index (Phi) is 5.71. The summed E-state index contributed by atoms with van der Waals surface area (Å²) in [5.74, 6) is 0.278. The van der Waals surface area contributed by atoms with Gasteiger partial charge in [0.1, 0.15) is 0 Å². The summed E-state index contributed by atoms with van der Waals surface area (Å²) in [5, 5.41) is 0. The number of ether oxygens (including phenoxy) is 2. The number of hydrogen-bond acceptors (Lipinski definition) is 4. The number of carbonyl (C=O) groups is 1. The van der Waals surface area contributed by atoms with Crippen molar-refractivity contribution < 1.29 is 14.3 Å². The number of morpholine rings is 1. The number of nitrogens with zero attached hydrogens (tertiary/aromatic N) is 2. The van der Waals surface area contributed by atoms with Crippen LogP contribution in [0.3, 0.4) is 0 Å². The predicted octanol–water partition coefficient (Wildman–Crippen LogP) is 1.66. The maximum atomic E-state index is 12.8. The van der Waals surface area contributed by atoms with Crippen LogP contribution in [0.5, 0.6) is 0 Å². The van der Waals surface area contributed by atoms with E-state index in [1.54, 1.807) is 0 Å². The highest BCUT2D eigenvalue weighted by molar-refractivity contribution is 5.78. The van der Waals surface area contributed by atoms with Gasteiger partial charge in [0, 0.05) is 19.7 Å². The van der Waals surface area contributed by atoms with Crippen molar-refractivity contribution >= 4 is 5.91 Å². The molecule has 5 heteroatoms. The zero-order chi connectivity index (χ0) is 15.4. The van der Waals surface area contributed by atoms with Crippen LogP contribution < -0.4 is 0 Å². The van der Waals surface area contributed by atoms with Crippen molar-refractivity contribution in [3.8, 4) is 0 Å². The van der Waals surface area contributed by atoms with Crippen LogP contribution in [0, 0.1) is 0 Å². The standard InChI is InChI=1S/C17H30N2O3/c1-2-18(12-14-6-5-10-21-14)13-17(20)19-9-11-22-16-8-4-3-7-15(16)19/h14-16H,2-13H2,1H3/t14-,15+,16+/m0/s1. The quantitative estimate of drug-likeness (QED) is 0.774. The van der Waals surface area contributed by atoms with Crippen LogP contribution in [-0.2, 0) is 14.3 Å². The molecule has 22 heavy (non-hydrogen) atoms. The van der Waals surface area contributed by atoms with Crippen LogP contribution in [0.1, 0.15) is 45.4 Å². The molecule has 3 atom stereocenters. The van der Waals surface area contributed by atoms with E-state index >= 15 is 0 Å². The van der Waals surface area contributed by atoms with E-state index in [1.165, 1.54) is 12.8 Å². The van der Waals surface area contributed by atoms with Gasteiger partial charge in [-0.1, -0.05) is 19.8 Å². The molecule has 5 nitrogen and oxygen atoms in total. The van der Waals surface area contributed by atoms with Crippen molar-refractivity contribution in [2.75, 3.05) is 39.4 Å². The molecule has 1 saturated carbocycles. The van der Waals surface area contributed by atoms with Gasteiger partial charge >= 0.3 is 0 Å². The molecule has 3 rings (SSSR count). The van der Waals surface area contributed by atoms with Gasteiger partial charge in [-0.25, -0.2) is 0 Å². The fourth-order valence-electron chi connectivity index (χ4n) is 4.07. The fraction of sp³-hybridized carbons (Fsp3) is 0.941. The average Bonchev–Trinajstić information content (AvgIpc) is 3.06. The highest BCUT2D eigenvalue weighted by atomic mass is 16.5. The van der Waals surface area contributed by atoms with Crippen LogP contribution >= 0.6 is 0 Å². The number of rotatable bonds is 5. The fourth-order valence-corrected chi connectivity index (χ4v) is 4.07. The van der Waals surface area contributed by atoms with Crippen LogP contribution in [0.2, 0.25) is 0 Å². The Morgan fingerprint density at radius 1 is 1.14 bits per heavy atom. The summed E-state index contributed by atoms with van der Waals surface area (Å²) in [6, 6.07) is 0.316. The monoisotopic (exact) mass is 310 g/mol. The molecule has 126 valence electrons. The Hall–Kier alpha value is -0.650. The van der Waals surface area contributed by atoms with Crippen LogP contribution in [0.4, 0.5) is 0 Å². The molecule has 0 N–H and O–H groups in total. The third-order valence-corrected chi connectivity index (χ3v) is 5.34. The second-order valence-corrected chi connectivity index (χ2v) is 6.81. The molecule has 1 amide bonds. The third kappa shape index (κ3) is 3.81. The van der Waals surface area contributed by atoms with Crippen LogP contribution in [0.25, 0.3) is 0 Å². The summed E-state index contributed by atoms with van der Waals surface area (Å²) < 4.78 is 11.6. The van der Waals surface area contributed by atoms with Gasteiger partial charge < -0.3 is 14.4 Å². The molecule has 1 aliphatic carbocycles. The summed E-state index contributed by atoms with van der Waals surface area (Å²) in [6.45, 7) is 6.79. The van der Waals surface area contributed by atoms with Gasteiger partial charge in [0.2, 0.25) is 5.91 Å². The number of fused-ring (bicyclic) bond motifs is 1. The van der Waals surface area contributed by atoms with E-state index in [9.17, 15) is 4.79 Å². The van der Waals surface area contributed by atoms with Crippen molar-refractivity contribution in [3.63, 3.8) is 0 Å². The summed E-state index contributed by atoms with van der Waals surface area (Å²) in [5.41, 5.74) is 0. The minimum absolute atomic E-state index is 0.277. The van der Waals surface area contributed by atoms with E-state index < -0.39 is 0 Å². The summed E-state index contributed by atoms with van der Waals surface area (Å²) in [7, 11) is 0. The minimum Gasteiger partial charge on any atom is -0.377 e. The Bertz CT molecular complexity index is 369. The first-order chi connectivity index (χ1) is 10.8. The van der Waals surface area contributed by atoms with E-state index in [4.69, 9.17) is 9.47 Å². The van der Waals surface area contributed by atoms with Crippen molar-refractivity contribution in [1.82, 2.24) is 9.80 Å². The maximum Gasteiger partial charge on any atom is 0.237 e. The van der Waals surface area contributed by atoms with E-state index in [0.717, 1.165) is 51.9 Å². The SMILES string of the molecule is CCN(CC(=O)N1CCO[C@@H]2CCCC[C@H]21)C[C@@H]1CCCO1. The number of carbonyl (C=O) groups excluding carboxylic acids is 1. The Morgan fingerprint density at radius 3 is 2.77 bits per heavy atom. The van der Waals surface area contributed by atoms with E-state index in [0.29, 0.717) is 25.3 Å². The summed E-state index contributed by atoms with van der Waals surface area (Å²) >= 11 is 0.